The van der Waals surface area contributed by atoms with Gasteiger partial charge in [-0.2, -0.15) is 0 Å². The van der Waals surface area contributed by atoms with Gasteiger partial charge in [0.2, 0.25) is 0 Å². The van der Waals surface area contributed by atoms with E-state index in [4.69, 9.17) is 4.11 Å². The quantitative estimate of drug-likeness (QED) is 0.166. The molecular weight excluding hydrogens is 522 g/mol. The van der Waals surface area contributed by atoms with Gasteiger partial charge in [0.15, 0.2) is 0 Å². The van der Waals surface area contributed by atoms with Crippen molar-refractivity contribution in [3.63, 3.8) is 0 Å². The van der Waals surface area contributed by atoms with Crippen LogP contribution in [0.2, 0.25) is 0 Å². The van der Waals surface area contributed by atoms with Crippen molar-refractivity contribution >= 4 is 33.8 Å². The molecule has 4 aromatic carbocycles. The van der Waals surface area contributed by atoms with Gasteiger partial charge in [0.05, 0.1) is 0 Å². The fraction of sp³-hybridized carbons (Fsp3) is 0.0909. The van der Waals surface area contributed by atoms with E-state index < -0.39 is 12.7 Å². The van der Waals surface area contributed by atoms with Crippen LogP contribution in [0.25, 0.3) is 52.8 Å². The van der Waals surface area contributed by atoms with Gasteiger partial charge >= 0.3 is 226 Å². The minimum atomic E-state index is -2.53. The van der Waals surface area contributed by atoms with Gasteiger partial charge in [-0.3, -0.25) is 0 Å². The molecule has 2 aromatic heterocycles. The Kier molecular flexibility index (Phi) is 4.95. The molecule has 0 radical (unpaired) electrons. The molecular formula is C33H24FN2Se+. The van der Waals surface area contributed by atoms with Crippen LogP contribution in [0.3, 0.4) is 0 Å². The van der Waals surface area contributed by atoms with E-state index in [1.54, 1.807) is 11.6 Å². The average molecular weight is 550 g/mol. The molecule has 178 valence electrons. The van der Waals surface area contributed by atoms with E-state index in [0.717, 1.165) is 52.7 Å². The Morgan fingerprint density at radius 2 is 1.46 bits per heavy atom. The zero-order valence-electron chi connectivity index (χ0n) is 23.3. The Labute approximate surface area is 225 Å². The number of aromatic nitrogens is 1. The molecule has 0 saturated heterocycles. The summed E-state index contributed by atoms with van der Waals surface area (Å²) in [6.07, 6.45) is 1.37. The number of hydrogen-bond acceptors (Lipinski definition) is 1. The molecule has 0 bridgehead atoms. The van der Waals surface area contributed by atoms with Crippen LogP contribution in [-0.4, -0.2) is 14.5 Å². The van der Waals surface area contributed by atoms with Crippen LogP contribution in [0.5, 0.6) is 0 Å². The van der Waals surface area contributed by atoms with Gasteiger partial charge in [-0.15, -0.1) is 0 Å². The number of fused-ring (bicyclic) bond motifs is 3. The summed E-state index contributed by atoms with van der Waals surface area (Å²) in [5.41, 5.74) is 7.02. The summed E-state index contributed by atoms with van der Waals surface area (Å²) >= 11 is -0.168. The summed E-state index contributed by atoms with van der Waals surface area (Å²) in [5, 5.41) is 12.2. The summed E-state index contributed by atoms with van der Waals surface area (Å²) in [6.45, 7) is -0.541. The molecule has 6 aromatic rings. The first-order valence-electron chi connectivity index (χ1n) is 13.4. The van der Waals surface area contributed by atoms with E-state index in [1.165, 1.54) is 12.3 Å². The van der Waals surface area contributed by atoms with Crippen molar-refractivity contribution in [3.8, 4) is 39.6 Å². The average Bonchev–Trinajstić information content (AvgIpc) is 3.32. The molecule has 2 nitrogen and oxygen atoms in total. The third-order valence-electron chi connectivity index (χ3n) is 6.90. The maximum atomic E-state index is 15.1. The van der Waals surface area contributed by atoms with Crippen molar-refractivity contribution in [2.45, 2.75) is 13.8 Å². The van der Waals surface area contributed by atoms with E-state index in [-0.39, 0.29) is 20.1 Å². The molecule has 2 heterocycles. The molecule has 0 aliphatic heterocycles. The Morgan fingerprint density at radius 1 is 0.811 bits per heavy atom. The molecule has 0 aliphatic rings. The standard InChI is InChI=1S/C33H24FN2Se/c1-20-9-15-26-27-16-14-25(18-35)31(24-12-10-23(11-13-24)22-7-5-4-6-8-22)33(27)37-32(26)30(20)29-17-28(34)21(2)19-36(29)3/h4-17,19H,1-3H3/q+1/i2D3. The van der Waals surface area contributed by atoms with Crippen LogP contribution in [0, 0.1) is 30.9 Å². The predicted molar refractivity (Wildman–Crippen MR) is 150 cm³/mol. The van der Waals surface area contributed by atoms with Crippen molar-refractivity contribution in [2.24, 2.45) is 7.05 Å². The Bertz CT molecular complexity index is 1970. The number of benzene rings is 4. The summed E-state index contributed by atoms with van der Waals surface area (Å²) in [6, 6.07) is 30.3. The number of halogens is 1. The summed E-state index contributed by atoms with van der Waals surface area (Å²) in [7, 11) is 1.76. The third-order valence-corrected chi connectivity index (χ3v) is 9.53. The summed E-state index contributed by atoms with van der Waals surface area (Å²) < 4.78 is 42.1. The van der Waals surface area contributed by atoms with Crippen molar-refractivity contribution in [2.75, 3.05) is 0 Å². The van der Waals surface area contributed by atoms with Crippen molar-refractivity contribution in [3.05, 3.63) is 114 Å². The van der Waals surface area contributed by atoms with E-state index in [2.05, 4.69) is 48.5 Å². The predicted octanol–water partition coefficient (Wildman–Crippen LogP) is 7.50. The van der Waals surface area contributed by atoms with Crippen LogP contribution in [0.4, 0.5) is 4.39 Å². The van der Waals surface area contributed by atoms with Crippen molar-refractivity contribution in [1.29, 1.82) is 5.26 Å². The number of nitriles is 1. The molecule has 0 amide bonds. The Hall–Kier alpha value is -4.03. The molecule has 0 saturated carbocycles. The Balaban J connectivity index is 1.59. The first-order valence-corrected chi connectivity index (χ1v) is 13.6. The number of rotatable bonds is 3. The monoisotopic (exact) mass is 550 g/mol. The minimum absolute atomic E-state index is 0.168. The topological polar surface area (TPSA) is 27.7 Å². The van der Waals surface area contributed by atoms with Gasteiger partial charge in [-0.05, 0) is 0 Å². The second-order valence-electron chi connectivity index (χ2n) is 9.19. The van der Waals surface area contributed by atoms with Crippen LogP contribution >= 0.6 is 0 Å². The van der Waals surface area contributed by atoms with Crippen molar-refractivity contribution < 1.29 is 13.1 Å². The molecule has 6 rings (SSSR count). The number of hydrogen-bond donors (Lipinski definition) is 0. The third kappa shape index (κ3) is 3.89. The SMILES string of the molecule is [2H]C([2H])([2H])c1c[n+](C)c(-c2c(C)ccc3c2[se]c2c(-c4ccc(-c5ccccc5)cc4)c(C#N)ccc23)cc1F. The van der Waals surface area contributed by atoms with Gasteiger partial charge in [-0.1, -0.05) is 0 Å². The van der Waals surface area contributed by atoms with Crippen LogP contribution in [0.1, 0.15) is 20.8 Å². The molecule has 0 N–H and O–H groups in total. The van der Waals surface area contributed by atoms with E-state index >= 15 is 4.39 Å². The van der Waals surface area contributed by atoms with Gasteiger partial charge in [0, 0.05) is 0 Å². The van der Waals surface area contributed by atoms with Gasteiger partial charge < -0.3 is 0 Å². The molecule has 0 atom stereocenters. The van der Waals surface area contributed by atoms with Crippen LogP contribution < -0.4 is 4.57 Å². The molecule has 37 heavy (non-hydrogen) atoms. The Morgan fingerprint density at radius 3 is 2.16 bits per heavy atom. The molecule has 0 unspecified atom stereocenters. The van der Waals surface area contributed by atoms with Gasteiger partial charge in [-0.25, -0.2) is 0 Å². The van der Waals surface area contributed by atoms with Gasteiger partial charge in [0.25, 0.3) is 0 Å². The zero-order chi connectivity index (χ0) is 28.2. The fourth-order valence-corrected chi connectivity index (χ4v) is 8.13. The number of nitrogens with zero attached hydrogens (tertiary/aromatic N) is 2. The number of aryl methyl sites for hydroxylation is 3. The fourth-order valence-electron chi connectivity index (χ4n) is 5.03. The molecule has 0 spiro atoms. The summed E-state index contributed by atoms with van der Waals surface area (Å²) in [5.74, 6) is -0.737. The normalized spacial score (nSPS) is 12.8. The van der Waals surface area contributed by atoms with E-state index in [1.807, 2.05) is 43.3 Å². The zero-order valence-corrected chi connectivity index (χ0v) is 22.1. The maximum absolute atomic E-state index is 15.1. The summed E-state index contributed by atoms with van der Waals surface area (Å²) in [4.78, 5) is 0. The second kappa shape index (κ2) is 9.12. The van der Waals surface area contributed by atoms with Crippen LogP contribution in [-0.2, 0) is 7.05 Å². The second-order valence-corrected chi connectivity index (χ2v) is 11.3. The first-order chi connectivity index (χ1) is 19.2. The first kappa shape index (κ1) is 20.1. The van der Waals surface area contributed by atoms with E-state index in [0.29, 0.717) is 11.3 Å². The van der Waals surface area contributed by atoms with Crippen molar-refractivity contribution in [1.82, 2.24) is 0 Å². The molecule has 0 aliphatic carbocycles. The van der Waals surface area contributed by atoms with Gasteiger partial charge in [0.1, 0.15) is 0 Å². The van der Waals surface area contributed by atoms with E-state index in [9.17, 15) is 5.26 Å². The number of pyridine rings is 1. The van der Waals surface area contributed by atoms with Crippen LogP contribution in [0.15, 0.2) is 91.1 Å². The molecule has 4 heteroatoms. The molecule has 0 fully saturated rings.